The normalized spacial score (nSPS) is 10.3. The highest BCUT2D eigenvalue weighted by molar-refractivity contribution is 6.33. The van der Waals surface area contributed by atoms with Crippen LogP contribution in [0.4, 0.5) is 5.69 Å². The number of amides is 2. The summed E-state index contributed by atoms with van der Waals surface area (Å²) in [7, 11) is 0. The monoisotopic (exact) mass is 364 g/mol. The molecule has 0 saturated heterocycles. The highest BCUT2D eigenvalue weighted by Gasteiger charge is 2.16. The molecule has 2 amide bonds. The Morgan fingerprint density at radius 3 is 2.38 bits per heavy atom. The third kappa shape index (κ3) is 4.28. The lowest BCUT2D eigenvalue weighted by molar-refractivity contribution is -0.116. The van der Waals surface area contributed by atoms with Crippen molar-refractivity contribution in [2.75, 3.05) is 18.0 Å². The summed E-state index contributed by atoms with van der Waals surface area (Å²) < 4.78 is 0. The molecule has 0 radical (unpaired) electrons. The smallest absolute Gasteiger partial charge is 0.252 e. The molecule has 1 N–H and O–H groups in total. The van der Waals surface area contributed by atoms with Crippen molar-refractivity contribution in [1.82, 2.24) is 5.32 Å². The van der Waals surface area contributed by atoms with E-state index in [0.717, 1.165) is 11.3 Å². The third-order valence-corrected chi connectivity index (χ3v) is 4.39. The molecule has 24 heavy (non-hydrogen) atoms. The third-order valence-electron chi connectivity index (χ3n) is 3.65. The minimum atomic E-state index is -0.271. The summed E-state index contributed by atoms with van der Waals surface area (Å²) in [6.45, 7) is 3.98. The second kappa shape index (κ2) is 8.18. The molecule has 2 aromatic carbocycles. The number of halogens is 2. The van der Waals surface area contributed by atoms with Gasteiger partial charge in [-0.05, 0) is 36.8 Å². The van der Waals surface area contributed by atoms with Crippen molar-refractivity contribution in [2.24, 2.45) is 0 Å². The molecule has 0 aromatic heterocycles. The van der Waals surface area contributed by atoms with Crippen molar-refractivity contribution < 1.29 is 9.59 Å². The number of carbonyl (C=O) groups excluding carboxylic acids is 2. The van der Waals surface area contributed by atoms with Gasteiger partial charge in [0, 0.05) is 30.7 Å². The van der Waals surface area contributed by atoms with Crippen molar-refractivity contribution in [3.05, 3.63) is 63.6 Å². The molecule has 2 rings (SSSR count). The van der Waals surface area contributed by atoms with Gasteiger partial charge in [-0.25, -0.2) is 0 Å². The van der Waals surface area contributed by atoms with E-state index < -0.39 is 0 Å². The van der Waals surface area contributed by atoms with E-state index in [1.54, 1.807) is 41.3 Å². The van der Waals surface area contributed by atoms with Gasteiger partial charge in [0.15, 0.2) is 0 Å². The number of nitrogens with one attached hydrogen (secondary N) is 1. The fourth-order valence-electron chi connectivity index (χ4n) is 2.36. The van der Waals surface area contributed by atoms with Crippen LogP contribution in [-0.4, -0.2) is 24.9 Å². The average Bonchev–Trinajstić information content (AvgIpc) is 2.54. The Morgan fingerprint density at radius 2 is 1.71 bits per heavy atom. The lowest BCUT2D eigenvalue weighted by Gasteiger charge is -2.23. The van der Waals surface area contributed by atoms with E-state index in [0.29, 0.717) is 28.7 Å². The van der Waals surface area contributed by atoms with Crippen LogP contribution in [0.5, 0.6) is 0 Å². The molecular formula is C18H18Cl2N2O2. The number of carbonyl (C=O) groups is 2. The predicted molar refractivity (Wildman–Crippen MR) is 98.0 cm³/mol. The van der Waals surface area contributed by atoms with Crippen LogP contribution in [0.25, 0.3) is 0 Å². The predicted octanol–water partition coefficient (Wildman–Crippen LogP) is 4.08. The van der Waals surface area contributed by atoms with E-state index in [9.17, 15) is 9.59 Å². The molecule has 0 unspecified atom stereocenters. The maximum atomic E-state index is 12.2. The summed E-state index contributed by atoms with van der Waals surface area (Å²) >= 11 is 12.1. The van der Waals surface area contributed by atoms with Gasteiger partial charge in [-0.2, -0.15) is 0 Å². The molecule has 0 bridgehead atoms. The van der Waals surface area contributed by atoms with Crippen molar-refractivity contribution in [3.63, 3.8) is 0 Å². The lowest BCUT2D eigenvalue weighted by atomic mass is 10.1. The number of benzene rings is 2. The van der Waals surface area contributed by atoms with E-state index in [1.165, 1.54) is 6.92 Å². The average molecular weight is 365 g/mol. The topological polar surface area (TPSA) is 49.4 Å². The van der Waals surface area contributed by atoms with Crippen molar-refractivity contribution in [2.45, 2.75) is 13.8 Å². The number of rotatable bonds is 5. The SMILES string of the molecule is CC(=O)N(CCNC(=O)c1ccccc1Cl)c1cccc(Cl)c1C. The van der Waals surface area contributed by atoms with Gasteiger partial charge in [0.05, 0.1) is 10.6 Å². The standard InChI is InChI=1S/C18H18Cl2N2O2/c1-12-15(19)8-5-9-17(12)22(13(2)23)11-10-21-18(24)14-6-3-4-7-16(14)20/h3-9H,10-11H2,1-2H3,(H,21,24). The maximum Gasteiger partial charge on any atom is 0.252 e. The summed E-state index contributed by atoms with van der Waals surface area (Å²) in [5.41, 5.74) is 1.97. The fraction of sp³-hybridized carbons (Fsp3) is 0.222. The molecule has 0 aliphatic carbocycles. The van der Waals surface area contributed by atoms with Crippen LogP contribution < -0.4 is 10.2 Å². The van der Waals surface area contributed by atoms with Gasteiger partial charge in [-0.15, -0.1) is 0 Å². The molecular weight excluding hydrogens is 347 g/mol. The lowest BCUT2D eigenvalue weighted by Crippen LogP contribution is -2.38. The molecule has 126 valence electrons. The van der Waals surface area contributed by atoms with E-state index in [1.807, 2.05) is 13.0 Å². The first-order valence-electron chi connectivity index (χ1n) is 7.47. The Labute approximate surface area is 151 Å². The van der Waals surface area contributed by atoms with E-state index in [4.69, 9.17) is 23.2 Å². The van der Waals surface area contributed by atoms with Crippen LogP contribution in [0.1, 0.15) is 22.8 Å². The summed E-state index contributed by atoms with van der Waals surface area (Å²) in [4.78, 5) is 25.7. The fourth-order valence-corrected chi connectivity index (χ4v) is 2.75. The Balaban J connectivity index is 2.05. The molecule has 0 heterocycles. The Kier molecular flexibility index (Phi) is 6.23. The molecule has 0 aliphatic heterocycles. The van der Waals surface area contributed by atoms with Crippen LogP contribution in [0.3, 0.4) is 0 Å². The summed E-state index contributed by atoms with van der Waals surface area (Å²) in [6, 6.07) is 12.2. The van der Waals surface area contributed by atoms with Gasteiger partial charge in [-0.3, -0.25) is 9.59 Å². The van der Waals surface area contributed by atoms with Gasteiger partial charge in [0.1, 0.15) is 0 Å². The summed E-state index contributed by atoms with van der Waals surface area (Å²) in [5.74, 6) is -0.390. The van der Waals surface area contributed by atoms with Gasteiger partial charge in [0.2, 0.25) is 5.91 Å². The summed E-state index contributed by atoms with van der Waals surface area (Å²) in [5, 5.41) is 3.77. The van der Waals surface area contributed by atoms with Crippen LogP contribution in [0.2, 0.25) is 10.0 Å². The van der Waals surface area contributed by atoms with E-state index in [-0.39, 0.29) is 11.8 Å². The second-order valence-electron chi connectivity index (χ2n) is 5.29. The zero-order valence-electron chi connectivity index (χ0n) is 13.5. The van der Waals surface area contributed by atoms with Gasteiger partial charge in [-0.1, -0.05) is 41.4 Å². The first-order chi connectivity index (χ1) is 11.4. The highest BCUT2D eigenvalue weighted by atomic mass is 35.5. The van der Waals surface area contributed by atoms with E-state index in [2.05, 4.69) is 5.32 Å². The minimum absolute atomic E-state index is 0.118. The van der Waals surface area contributed by atoms with Crippen LogP contribution >= 0.6 is 23.2 Å². The van der Waals surface area contributed by atoms with Crippen molar-refractivity contribution in [3.8, 4) is 0 Å². The molecule has 4 nitrogen and oxygen atoms in total. The van der Waals surface area contributed by atoms with E-state index >= 15 is 0 Å². The zero-order valence-corrected chi connectivity index (χ0v) is 15.0. The number of nitrogens with zero attached hydrogens (tertiary/aromatic N) is 1. The first kappa shape index (κ1) is 18.3. The minimum Gasteiger partial charge on any atom is -0.350 e. The van der Waals surface area contributed by atoms with Crippen molar-refractivity contribution in [1.29, 1.82) is 0 Å². The molecule has 0 aliphatic rings. The summed E-state index contributed by atoms with van der Waals surface area (Å²) in [6.07, 6.45) is 0. The Morgan fingerprint density at radius 1 is 1.04 bits per heavy atom. The largest absolute Gasteiger partial charge is 0.350 e. The maximum absolute atomic E-state index is 12.2. The molecule has 6 heteroatoms. The highest BCUT2D eigenvalue weighted by Crippen LogP contribution is 2.26. The van der Waals surface area contributed by atoms with Crippen LogP contribution in [0, 0.1) is 6.92 Å². The zero-order chi connectivity index (χ0) is 17.7. The molecule has 0 fully saturated rings. The van der Waals surface area contributed by atoms with Crippen LogP contribution in [0.15, 0.2) is 42.5 Å². The van der Waals surface area contributed by atoms with Crippen LogP contribution in [-0.2, 0) is 4.79 Å². The number of hydrogen-bond acceptors (Lipinski definition) is 2. The molecule has 2 aromatic rings. The van der Waals surface area contributed by atoms with Crippen molar-refractivity contribution >= 4 is 40.7 Å². The van der Waals surface area contributed by atoms with Gasteiger partial charge >= 0.3 is 0 Å². The van der Waals surface area contributed by atoms with Gasteiger partial charge < -0.3 is 10.2 Å². The second-order valence-corrected chi connectivity index (χ2v) is 6.10. The van der Waals surface area contributed by atoms with Gasteiger partial charge in [0.25, 0.3) is 5.91 Å². The Hall–Kier alpha value is -2.04. The quantitative estimate of drug-likeness (QED) is 0.868. The number of hydrogen-bond donors (Lipinski definition) is 1. The molecule has 0 saturated carbocycles. The molecule has 0 spiro atoms. The Bertz CT molecular complexity index is 762. The first-order valence-corrected chi connectivity index (χ1v) is 8.23. The number of anilines is 1. The molecule has 0 atom stereocenters.